The van der Waals surface area contributed by atoms with Crippen molar-refractivity contribution in [1.82, 2.24) is 15.1 Å². The zero-order valence-electron chi connectivity index (χ0n) is 12.7. The lowest BCUT2D eigenvalue weighted by Crippen LogP contribution is -2.50. The molecule has 0 aliphatic carbocycles. The summed E-state index contributed by atoms with van der Waals surface area (Å²) in [5, 5.41) is 19.4. The molecule has 2 aromatic rings. The molecule has 1 aromatic carbocycles. The van der Waals surface area contributed by atoms with Gasteiger partial charge in [0.15, 0.2) is 0 Å². The van der Waals surface area contributed by atoms with Gasteiger partial charge in [-0.2, -0.15) is 10.2 Å². The molecule has 1 aliphatic rings. The molecule has 112 valence electrons. The summed E-state index contributed by atoms with van der Waals surface area (Å²) in [6.45, 7) is 8.26. The topological polar surface area (TPSA) is 52.5 Å². The van der Waals surface area contributed by atoms with E-state index in [-0.39, 0.29) is 0 Å². The number of aromatic nitrogens is 2. The van der Waals surface area contributed by atoms with Gasteiger partial charge in [-0.1, -0.05) is 18.2 Å². The predicted octanol–water partition coefficient (Wildman–Crippen LogP) is 1.52. The first-order chi connectivity index (χ1) is 10.0. The third kappa shape index (κ3) is 3.31. The van der Waals surface area contributed by atoms with Crippen molar-refractivity contribution in [3.05, 3.63) is 30.5 Å². The van der Waals surface area contributed by atoms with Gasteiger partial charge in [0, 0.05) is 38.1 Å². The van der Waals surface area contributed by atoms with Gasteiger partial charge in [0.25, 0.3) is 0 Å². The molecule has 0 spiro atoms. The van der Waals surface area contributed by atoms with E-state index in [1.807, 2.05) is 38.2 Å². The zero-order valence-corrected chi connectivity index (χ0v) is 12.7. The molecule has 0 amide bonds. The number of hydrogen-bond donors (Lipinski definition) is 1. The summed E-state index contributed by atoms with van der Waals surface area (Å²) in [6, 6.07) is 8.12. The van der Waals surface area contributed by atoms with E-state index in [1.165, 1.54) is 0 Å². The molecular weight excluding hydrogens is 264 g/mol. The summed E-state index contributed by atoms with van der Waals surface area (Å²) in [6.07, 6.45) is 1.86. The van der Waals surface area contributed by atoms with Crippen LogP contribution in [0.15, 0.2) is 30.5 Å². The van der Waals surface area contributed by atoms with E-state index in [2.05, 4.69) is 26.1 Å². The number of nitrogens with zero attached hydrogens (tertiary/aromatic N) is 4. The highest BCUT2D eigenvalue weighted by molar-refractivity contribution is 5.90. The maximum atomic E-state index is 9.92. The Labute approximate surface area is 125 Å². The maximum Gasteiger partial charge on any atom is 0.0950 e. The van der Waals surface area contributed by atoms with Crippen LogP contribution in [-0.2, 0) is 0 Å². The van der Waals surface area contributed by atoms with Crippen LogP contribution in [0.3, 0.4) is 0 Å². The molecule has 0 radical (unpaired) electrons. The van der Waals surface area contributed by atoms with Crippen molar-refractivity contribution in [3.63, 3.8) is 0 Å². The SMILES string of the molecule is CC(C)(O)CN1CCN(c2cnnc3ccccc23)CC1. The van der Waals surface area contributed by atoms with Crippen molar-refractivity contribution in [1.29, 1.82) is 0 Å². The van der Waals surface area contributed by atoms with Crippen molar-refractivity contribution in [2.24, 2.45) is 0 Å². The highest BCUT2D eigenvalue weighted by Gasteiger charge is 2.23. The smallest absolute Gasteiger partial charge is 0.0950 e. The molecule has 2 heterocycles. The van der Waals surface area contributed by atoms with Crippen molar-refractivity contribution >= 4 is 16.6 Å². The Balaban J connectivity index is 1.74. The van der Waals surface area contributed by atoms with Crippen LogP contribution in [0.5, 0.6) is 0 Å². The molecule has 0 saturated carbocycles. The van der Waals surface area contributed by atoms with Gasteiger partial charge in [0.05, 0.1) is 23.0 Å². The lowest BCUT2D eigenvalue weighted by atomic mass is 10.1. The van der Waals surface area contributed by atoms with Crippen LogP contribution in [-0.4, -0.2) is 58.5 Å². The summed E-state index contributed by atoms with van der Waals surface area (Å²) in [7, 11) is 0. The average Bonchev–Trinajstić information content (AvgIpc) is 2.46. The minimum absolute atomic E-state index is 0.632. The second kappa shape index (κ2) is 5.58. The molecule has 0 atom stereocenters. The van der Waals surface area contributed by atoms with Crippen LogP contribution < -0.4 is 4.90 Å². The van der Waals surface area contributed by atoms with Crippen molar-refractivity contribution in [2.45, 2.75) is 19.4 Å². The molecule has 1 aromatic heterocycles. The Morgan fingerprint density at radius 2 is 1.86 bits per heavy atom. The fourth-order valence-electron chi connectivity index (χ4n) is 2.94. The van der Waals surface area contributed by atoms with Gasteiger partial charge in [0.2, 0.25) is 0 Å². The van der Waals surface area contributed by atoms with Crippen LogP contribution in [0.4, 0.5) is 5.69 Å². The second-order valence-electron chi connectivity index (χ2n) is 6.32. The van der Waals surface area contributed by atoms with E-state index in [4.69, 9.17) is 0 Å². The highest BCUT2D eigenvalue weighted by Crippen LogP contribution is 2.25. The van der Waals surface area contributed by atoms with Crippen LogP contribution in [0.25, 0.3) is 10.9 Å². The standard InChI is InChI=1S/C16H22N4O/c1-16(2,21)12-19-7-9-20(10-8-19)15-11-17-18-14-6-4-3-5-13(14)15/h3-6,11,21H,7-10,12H2,1-2H3. The van der Waals surface area contributed by atoms with Gasteiger partial charge in [-0.05, 0) is 19.9 Å². The molecule has 1 fully saturated rings. The number of hydrogen-bond acceptors (Lipinski definition) is 5. The van der Waals surface area contributed by atoms with E-state index in [9.17, 15) is 5.11 Å². The number of aliphatic hydroxyl groups is 1. The van der Waals surface area contributed by atoms with Crippen LogP contribution in [0, 0.1) is 0 Å². The van der Waals surface area contributed by atoms with Crippen molar-refractivity contribution < 1.29 is 5.11 Å². The normalized spacial score (nSPS) is 17.4. The number of fused-ring (bicyclic) bond motifs is 1. The number of benzene rings is 1. The molecule has 1 saturated heterocycles. The van der Waals surface area contributed by atoms with E-state index < -0.39 is 5.60 Å². The summed E-state index contributed by atoms with van der Waals surface area (Å²) in [5.41, 5.74) is 1.46. The number of piperazine rings is 1. The fraction of sp³-hybridized carbons (Fsp3) is 0.500. The minimum Gasteiger partial charge on any atom is -0.389 e. The molecule has 5 heteroatoms. The Morgan fingerprint density at radius 1 is 1.14 bits per heavy atom. The molecule has 5 nitrogen and oxygen atoms in total. The Bertz CT molecular complexity index is 610. The lowest BCUT2D eigenvalue weighted by molar-refractivity contribution is 0.0345. The monoisotopic (exact) mass is 286 g/mol. The zero-order chi connectivity index (χ0) is 14.9. The maximum absolute atomic E-state index is 9.92. The Hall–Kier alpha value is -1.72. The van der Waals surface area contributed by atoms with Gasteiger partial charge < -0.3 is 10.0 Å². The van der Waals surface area contributed by atoms with E-state index in [0.717, 1.165) is 49.3 Å². The summed E-state index contributed by atoms with van der Waals surface area (Å²) in [4.78, 5) is 4.67. The molecule has 0 bridgehead atoms. The van der Waals surface area contributed by atoms with Crippen LogP contribution in [0.2, 0.25) is 0 Å². The van der Waals surface area contributed by atoms with Gasteiger partial charge in [-0.3, -0.25) is 4.90 Å². The number of rotatable bonds is 3. The first-order valence-electron chi connectivity index (χ1n) is 7.43. The molecule has 0 unspecified atom stereocenters. The lowest BCUT2D eigenvalue weighted by Gasteiger charge is -2.38. The average molecular weight is 286 g/mol. The van der Waals surface area contributed by atoms with Crippen LogP contribution in [0.1, 0.15) is 13.8 Å². The van der Waals surface area contributed by atoms with Gasteiger partial charge >= 0.3 is 0 Å². The second-order valence-corrected chi connectivity index (χ2v) is 6.32. The number of β-amino-alcohol motifs (C(OH)–C–C–N with tert-alkyl or cyclic N) is 1. The molecule has 1 N–H and O–H groups in total. The summed E-state index contributed by atoms with van der Waals surface area (Å²) < 4.78 is 0. The van der Waals surface area contributed by atoms with Crippen LogP contribution >= 0.6 is 0 Å². The first kappa shape index (κ1) is 14.2. The fourth-order valence-corrected chi connectivity index (χ4v) is 2.94. The third-order valence-corrected chi connectivity index (χ3v) is 3.85. The predicted molar refractivity (Wildman–Crippen MR) is 84.5 cm³/mol. The van der Waals surface area contributed by atoms with Crippen molar-refractivity contribution in [3.8, 4) is 0 Å². The van der Waals surface area contributed by atoms with Crippen molar-refractivity contribution in [2.75, 3.05) is 37.6 Å². The van der Waals surface area contributed by atoms with Gasteiger partial charge in [-0.25, -0.2) is 0 Å². The third-order valence-electron chi connectivity index (χ3n) is 3.85. The first-order valence-corrected chi connectivity index (χ1v) is 7.43. The molecule has 3 rings (SSSR count). The van der Waals surface area contributed by atoms with E-state index >= 15 is 0 Å². The Kier molecular flexibility index (Phi) is 3.78. The molecule has 1 aliphatic heterocycles. The summed E-state index contributed by atoms with van der Waals surface area (Å²) >= 11 is 0. The summed E-state index contributed by atoms with van der Waals surface area (Å²) in [5.74, 6) is 0. The largest absolute Gasteiger partial charge is 0.389 e. The van der Waals surface area contributed by atoms with E-state index in [0.29, 0.717) is 0 Å². The molecule has 21 heavy (non-hydrogen) atoms. The number of anilines is 1. The highest BCUT2D eigenvalue weighted by atomic mass is 16.3. The van der Waals surface area contributed by atoms with Gasteiger partial charge in [0.1, 0.15) is 0 Å². The van der Waals surface area contributed by atoms with E-state index in [1.54, 1.807) is 0 Å². The Morgan fingerprint density at radius 3 is 2.57 bits per heavy atom. The molecular formula is C16H22N4O. The quantitative estimate of drug-likeness (QED) is 0.927. The van der Waals surface area contributed by atoms with Gasteiger partial charge in [-0.15, -0.1) is 0 Å². The minimum atomic E-state index is -0.632.